The van der Waals surface area contributed by atoms with E-state index in [-0.39, 0.29) is 5.92 Å². The van der Waals surface area contributed by atoms with Gasteiger partial charge in [-0.05, 0) is 25.3 Å². The first-order valence-electron chi connectivity index (χ1n) is 5.92. The normalized spacial score (nSPS) is 25.2. The summed E-state index contributed by atoms with van der Waals surface area (Å²) in [6, 6.07) is 0. The fourth-order valence-electron chi connectivity index (χ4n) is 1.99. The Morgan fingerprint density at radius 2 is 2.21 bits per heavy atom. The number of carbonyl (C=O) groups is 1. The molecule has 0 amide bonds. The molecule has 14 heavy (non-hydrogen) atoms. The van der Waals surface area contributed by atoms with Gasteiger partial charge in [-0.25, -0.2) is 0 Å². The Morgan fingerprint density at radius 1 is 1.50 bits per heavy atom. The standard InChI is InChI=1S/C12H23NO/c1-4-10(3)12(14)9-13-7-6-11(5-2)8-13/h10-11H,4-9H2,1-3H3. The molecule has 0 radical (unpaired) electrons. The fraction of sp³-hybridized carbons (Fsp3) is 0.917. The number of Topliss-reactive ketones (excluding diaryl/α,β-unsaturated/α-hetero) is 1. The van der Waals surface area contributed by atoms with Gasteiger partial charge in [0.2, 0.25) is 0 Å². The van der Waals surface area contributed by atoms with Crippen LogP contribution in [0.2, 0.25) is 0 Å². The topological polar surface area (TPSA) is 20.3 Å². The van der Waals surface area contributed by atoms with Crippen LogP contribution in [0.25, 0.3) is 0 Å². The lowest BCUT2D eigenvalue weighted by molar-refractivity contribution is -0.123. The molecule has 2 atom stereocenters. The third kappa shape index (κ3) is 3.09. The quantitative estimate of drug-likeness (QED) is 0.674. The second kappa shape index (κ2) is 5.50. The van der Waals surface area contributed by atoms with E-state index in [4.69, 9.17) is 0 Å². The van der Waals surface area contributed by atoms with E-state index in [0.29, 0.717) is 12.3 Å². The molecule has 0 aromatic rings. The van der Waals surface area contributed by atoms with Gasteiger partial charge in [-0.15, -0.1) is 0 Å². The summed E-state index contributed by atoms with van der Waals surface area (Å²) < 4.78 is 0. The number of hydrogen-bond acceptors (Lipinski definition) is 2. The zero-order chi connectivity index (χ0) is 10.6. The van der Waals surface area contributed by atoms with Crippen molar-refractivity contribution < 1.29 is 4.79 Å². The van der Waals surface area contributed by atoms with Crippen LogP contribution in [0, 0.1) is 11.8 Å². The van der Waals surface area contributed by atoms with Gasteiger partial charge in [0.1, 0.15) is 5.78 Å². The van der Waals surface area contributed by atoms with Crippen molar-refractivity contribution in [2.24, 2.45) is 11.8 Å². The highest BCUT2D eigenvalue weighted by Gasteiger charge is 2.23. The van der Waals surface area contributed by atoms with Crippen LogP contribution in [-0.2, 0) is 4.79 Å². The molecular weight excluding hydrogens is 174 g/mol. The van der Waals surface area contributed by atoms with Gasteiger partial charge in [0.25, 0.3) is 0 Å². The van der Waals surface area contributed by atoms with Crippen molar-refractivity contribution in [3.05, 3.63) is 0 Å². The summed E-state index contributed by atoms with van der Waals surface area (Å²) in [5.41, 5.74) is 0. The summed E-state index contributed by atoms with van der Waals surface area (Å²) in [5, 5.41) is 0. The summed E-state index contributed by atoms with van der Waals surface area (Å²) in [6.45, 7) is 9.31. The summed E-state index contributed by atoms with van der Waals surface area (Å²) in [6.07, 6.45) is 3.52. The molecule has 0 spiro atoms. The zero-order valence-corrected chi connectivity index (χ0v) is 9.75. The third-order valence-corrected chi connectivity index (χ3v) is 3.49. The first-order valence-corrected chi connectivity index (χ1v) is 5.92. The molecule has 1 heterocycles. The monoisotopic (exact) mass is 197 g/mol. The molecule has 82 valence electrons. The van der Waals surface area contributed by atoms with E-state index in [0.717, 1.165) is 25.4 Å². The van der Waals surface area contributed by atoms with Gasteiger partial charge in [-0.2, -0.15) is 0 Å². The minimum absolute atomic E-state index is 0.246. The molecule has 2 unspecified atom stereocenters. The fourth-order valence-corrected chi connectivity index (χ4v) is 1.99. The molecule has 0 aromatic heterocycles. The maximum atomic E-state index is 11.7. The van der Waals surface area contributed by atoms with E-state index in [9.17, 15) is 4.79 Å². The lowest BCUT2D eigenvalue weighted by Gasteiger charge is -2.16. The van der Waals surface area contributed by atoms with Crippen LogP contribution in [0.5, 0.6) is 0 Å². The van der Waals surface area contributed by atoms with Crippen molar-refractivity contribution in [1.82, 2.24) is 4.90 Å². The smallest absolute Gasteiger partial charge is 0.149 e. The molecule has 0 aliphatic carbocycles. The molecule has 1 aliphatic rings. The van der Waals surface area contributed by atoms with Crippen molar-refractivity contribution in [1.29, 1.82) is 0 Å². The highest BCUT2D eigenvalue weighted by atomic mass is 16.1. The molecule has 2 heteroatoms. The SMILES string of the molecule is CCC1CCN(CC(=O)C(C)CC)C1. The first-order chi connectivity index (χ1) is 6.67. The van der Waals surface area contributed by atoms with Gasteiger partial charge in [0.15, 0.2) is 0 Å². The van der Waals surface area contributed by atoms with Crippen molar-refractivity contribution in [2.75, 3.05) is 19.6 Å². The average molecular weight is 197 g/mol. The zero-order valence-electron chi connectivity index (χ0n) is 9.75. The minimum atomic E-state index is 0.246. The second-order valence-electron chi connectivity index (χ2n) is 4.57. The van der Waals surface area contributed by atoms with Gasteiger partial charge in [-0.1, -0.05) is 27.2 Å². The van der Waals surface area contributed by atoms with Gasteiger partial charge in [0, 0.05) is 12.5 Å². The van der Waals surface area contributed by atoms with Crippen LogP contribution < -0.4 is 0 Å². The lowest BCUT2D eigenvalue weighted by Crippen LogP contribution is -2.30. The Bertz CT molecular complexity index is 191. The maximum Gasteiger partial charge on any atom is 0.149 e. The summed E-state index contributed by atoms with van der Waals surface area (Å²) in [7, 11) is 0. The molecule has 0 aromatic carbocycles. The van der Waals surface area contributed by atoms with E-state index >= 15 is 0 Å². The summed E-state index contributed by atoms with van der Waals surface area (Å²) >= 11 is 0. The summed E-state index contributed by atoms with van der Waals surface area (Å²) in [4.78, 5) is 14.0. The van der Waals surface area contributed by atoms with E-state index < -0.39 is 0 Å². The number of likely N-dealkylation sites (tertiary alicyclic amines) is 1. The van der Waals surface area contributed by atoms with Crippen molar-refractivity contribution in [2.45, 2.75) is 40.0 Å². The lowest BCUT2D eigenvalue weighted by atomic mass is 10.0. The number of nitrogens with zero attached hydrogens (tertiary/aromatic N) is 1. The molecule has 1 saturated heterocycles. The van der Waals surface area contributed by atoms with Crippen LogP contribution in [0.15, 0.2) is 0 Å². The van der Waals surface area contributed by atoms with Crippen LogP contribution in [-0.4, -0.2) is 30.3 Å². The van der Waals surface area contributed by atoms with Crippen LogP contribution in [0.1, 0.15) is 40.0 Å². The van der Waals surface area contributed by atoms with Gasteiger partial charge in [-0.3, -0.25) is 9.69 Å². The van der Waals surface area contributed by atoms with Gasteiger partial charge in [0.05, 0.1) is 6.54 Å². The average Bonchev–Trinajstić information content (AvgIpc) is 2.64. The minimum Gasteiger partial charge on any atom is -0.298 e. The number of rotatable bonds is 5. The maximum absolute atomic E-state index is 11.7. The molecule has 0 N–H and O–H groups in total. The molecule has 0 bridgehead atoms. The van der Waals surface area contributed by atoms with Crippen molar-refractivity contribution in [3.8, 4) is 0 Å². The number of hydrogen-bond donors (Lipinski definition) is 0. The molecule has 2 nitrogen and oxygen atoms in total. The van der Waals surface area contributed by atoms with Crippen molar-refractivity contribution in [3.63, 3.8) is 0 Å². The van der Waals surface area contributed by atoms with E-state index in [1.807, 2.05) is 6.92 Å². The first kappa shape index (κ1) is 11.7. The Hall–Kier alpha value is -0.370. The highest BCUT2D eigenvalue weighted by Crippen LogP contribution is 2.19. The second-order valence-corrected chi connectivity index (χ2v) is 4.57. The Labute approximate surface area is 87.7 Å². The van der Waals surface area contributed by atoms with E-state index in [1.165, 1.54) is 12.8 Å². The Morgan fingerprint density at radius 3 is 2.71 bits per heavy atom. The Kier molecular flexibility index (Phi) is 4.59. The Balaban J connectivity index is 2.28. The predicted octanol–water partition coefficient (Wildman–Crippen LogP) is 2.33. The van der Waals surface area contributed by atoms with Gasteiger partial charge < -0.3 is 0 Å². The largest absolute Gasteiger partial charge is 0.298 e. The van der Waals surface area contributed by atoms with Crippen LogP contribution >= 0.6 is 0 Å². The highest BCUT2D eigenvalue weighted by molar-refractivity contribution is 5.82. The summed E-state index contributed by atoms with van der Waals surface area (Å²) in [5.74, 6) is 1.50. The molecule has 1 fully saturated rings. The van der Waals surface area contributed by atoms with Crippen LogP contribution in [0.4, 0.5) is 0 Å². The van der Waals surface area contributed by atoms with Crippen molar-refractivity contribution >= 4 is 5.78 Å². The van der Waals surface area contributed by atoms with E-state index in [2.05, 4.69) is 18.7 Å². The van der Waals surface area contributed by atoms with Gasteiger partial charge >= 0.3 is 0 Å². The molecular formula is C12H23NO. The third-order valence-electron chi connectivity index (χ3n) is 3.49. The molecule has 1 rings (SSSR count). The number of carbonyl (C=O) groups excluding carboxylic acids is 1. The molecule has 0 saturated carbocycles. The van der Waals surface area contributed by atoms with Crippen LogP contribution in [0.3, 0.4) is 0 Å². The predicted molar refractivity (Wildman–Crippen MR) is 59.3 cm³/mol. The number of ketones is 1. The molecule has 1 aliphatic heterocycles. The van der Waals surface area contributed by atoms with E-state index in [1.54, 1.807) is 0 Å².